The Kier molecular flexibility index (Phi) is 7.26. The zero-order valence-electron chi connectivity index (χ0n) is 8.67. The summed E-state index contributed by atoms with van der Waals surface area (Å²) in [6.07, 6.45) is 0. The van der Waals surface area contributed by atoms with Crippen molar-refractivity contribution >= 4 is 0 Å². The van der Waals surface area contributed by atoms with Gasteiger partial charge in [0.1, 0.15) is 0 Å². The van der Waals surface area contributed by atoms with Crippen LogP contribution in [-0.4, -0.2) is 12.2 Å². The van der Waals surface area contributed by atoms with Crippen LogP contribution in [0.2, 0.25) is 0 Å². The second-order valence-electron chi connectivity index (χ2n) is 2.46. The minimum Gasteiger partial charge on any atom is -0.392 e. The second kappa shape index (κ2) is 7.77. The largest absolute Gasteiger partial charge is 0.392 e. The van der Waals surface area contributed by atoms with Crippen LogP contribution in [0.3, 0.4) is 0 Å². The molecule has 0 aliphatic carbocycles. The monoisotopic (exact) mass is 181 g/mol. The first-order valence-electron chi connectivity index (χ1n) is 4.70. The van der Waals surface area contributed by atoms with E-state index in [0.717, 1.165) is 17.7 Å². The van der Waals surface area contributed by atoms with Gasteiger partial charge in [-0.25, -0.2) is 0 Å². The lowest BCUT2D eigenvalue weighted by Gasteiger charge is -2.04. The van der Waals surface area contributed by atoms with E-state index in [9.17, 15) is 0 Å². The lowest BCUT2D eigenvalue weighted by molar-refractivity contribution is 0.280. The van der Waals surface area contributed by atoms with E-state index in [1.807, 2.05) is 45.2 Å². The standard InChI is InChI=1S/C9H13NO.C2H6/c1-10-6-8-4-2-3-5-9(8)7-11;1-2/h2-5,10-11H,6-7H2,1H3;1-2H3. The van der Waals surface area contributed by atoms with E-state index >= 15 is 0 Å². The number of rotatable bonds is 3. The lowest BCUT2D eigenvalue weighted by Crippen LogP contribution is -2.07. The molecule has 1 aromatic rings. The maximum Gasteiger partial charge on any atom is 0.0685 e. The summed E-state index contributed by atoms with van der Waals surface area (Å²) >= 11 is 0. The topological polar surface area (TPSA) is 32.3 Å². The minimum atomic E-state index is 0.123. The summed E-state index contributed by atoms with van der Waals surface area (Å²) in [5.41, 5.74) is 2.17. The van der Waals surface area contributed by atoms with Gasteiger partial charge in [0.15, 0.2) is 0 Å². The highest BCUT2D eigenvalue weighted by Gasteiger charge is 1.96. The van der Waals surface area contributed by atoms with Crippen LogP contribution < -0.4 is 5.32 Å². The maximum absolute atomic E-state index is 8.92. The molecule has 0 unspecified atom stereocenters. The van der Waals surface area contributed by atoms with Crippen molar-refractivity contribution in [3.63, 3.8) is 0 Å². The van der Waals surface area contributed by atoms with E-state index in [1.54, 1.807) is 0 Å². The van der Waals surface area contributed by atoms with Crippen molar-refractivity contribution in [1.29, 1.82) is 0 Å². The second-order valence-corrected chi connectivity index (χ2v) is 2.46. The summed E-state index contributed by atoms with van der Waals surface area (Å²) in [6, 6.07) is 7.87. The van der Waals surface area contributed by atoms with Crippen molar-refractivity contribution in [2.24, 2.45) is 0 Å². The number of benzene rings is 1. The van der Waals surface area contributed by atoms with Crippen molar-refractivity contribution in [3.05, 3.63) is 35.4 Å². The van der Waals surface area contributed by atoms with Crippen LogP contribution in [-0.2, 0) is 13.2 Å². The molecule has 0 radical (unpaired) electrons. The predicted molar refractivity (Wildman–Crippen MR) is 56.5 cm³/mol. The lowest BCUT2D eigenvalue weighted by atomic mass is 10.1. The Morgan fingerprint density at radius 1 is 1.15 bits per heavy atom. The Hall–Kier alpha value is -0.860. The molecular formula is C11H19NO. The molecule has 1 aromatic carbocycles. The van der Waals surface area contributed by atoms with Gasteiger partial charge in [0.05, 0.1) is 6.61 Å². The molecule has 13 heavy (non-hydrogen) atoms. The van der Waals surface area contributed by atoms with Crippen molar-refractivity contribution < 1.29 is 5.11 Å². The van der Waals surface area contributed by atoms with Gasteiger partial charge in [-0.2, -0.15) is 0 Å². The summed E-state index contributed by atoms with van der Waals surface area (Å²) in [7, 11) is 1.90. The summed E-state index contributed by atoms with van der Waals surface area (Å²) in [5.74, 6) is 0. The van der Waals surface area contributed by atoms with Gasteiger partial charge in [0.25, 0.3) is 0 Å². The molecular weight excluding hydrogens is 162 g/mol. The molecule has 0 saturated heterocycles. The maximum atomic E-state index is 8.92. The fraction of sp³-hybridized carbons (Fsp3) is 0.455. The van der Waals surface area contributed by atoms with Crippen molar-refractivity contribution in [1.82, 2.24) is 5.32 Å². The van der Waals surface area contributed by atoms with Crippen LogP contribution in [0, 0.1) is 0 Å². The molecule has 0 amide bonds. The van der Waals surface area contributed by atoms with Gasteiger partial charge in [-0.1, -0.05) is 38.1 Å². The fourth-order valence-corrected chi connectivity index (χ4v) is 1.07. The molecule has 0 aliphatic rings. The molecule has 1 rings (SSSR count). The first-order valence-corrected chi connectivity index (χ1v) is 4.70. The zero-order valence-corrected chi connectivity index (χ0v) is 8.67. The van der Waals surface area contributed by atoms with Crippen molar-refractivity contribution in [3.8, 4) is 0 Å². The molecule has 0 aliphatic heterocycles. The average molecular weight is 181 g/mol. The molecule has 0 atom stereocenters. The minimum absolute atomic E-state index is 0.123. The molecule has 0 fully saturated rings. The van der Waals surface area contributed by atoms with Gasteiger partial charge < -0.3 is 10.4 Å². The Bertz CT molecular complexity index is 223. The number of aliphatic hydroxyl groups is 1. The van der Waals surface area contributed by atoms with E-state index in [2.05, 4.69) is 5.32 Å². The third kappa shape index (κ3) is 4.06. The van der Waals surface area contributed by atoms with Gasteiger partial charge in [-0.05, 0) is 18.2 Å². The van der Waals surface area contributed by atoms with E-state index in [0.29, 0.717) is 0 Å². The molecule has 0 saturated carbocycles. The Morgan fingerprint density at radius 3 is 2.15 bits per heavy atom. The van der Waals surface area contributed by atoms with Crippen LogP contribution in [0.1, 0.15) is 25.0 Å². The van der Waals surface area contributed by atoms with Crippen LogP contribution in [0.15, 0.2) is 24.3 Å². The third-order valence-electron chi connectivity index (χ3n) is 1.66. The number of aliphatic hydroxyl groups excluding tert-OH is 1. The Labute approximate surface area is 80.6 Å². The highest BCUT2D eigenvalue weighted by atomic mass is 16.3. The summed E-state index contributed by atoms with van der Waals surface area (Å²) in [5, 5.41) is 12.0. The molecule has 0 heterocycles. The third-order valence-corrected chi connectivity index (χ3v) is 1.66. The molecule has 0 bridgehead atoms. The summed E-state index contributed by atoms with van der Waals surface area (Å²) in [6.45, 7) is 4.94. The normalized spacial score (nSPS) is 8.92. The molecule has 74 valence electrons. The first kappa shape index (κ1) is 12.1. The fourth-order valence-electron chi connectivity index (χ4n) is 1.07. The van der Waals surface area contributed by atoms with Gasteiger partial charge in [0, 0.05) is 6.54 Å². The van der Waals surface area contributed by atoms with Gasteiger partial charge in [0.2, 0.25) is 0 Å². The van der Waals surface area contributed by atoms with E-state index < -0.39 is 0 Å². The van der Waals surface area contributed by atoms with Crippen LogP contribution in [0.5, 0.6) is 0 Å². The molecule has 0 spiro atoms. The first-order chi connectivity index (χ1) is 6.38. The SMILES string of the molecule is CC.CNCc1ccccc1CO. The molecule has 2 N–H and O–H groups in total. The Balaban J connectivity index is 0.000000671. The van der Waals surface area contributed by atoms with Gasteiger partial charge in [-0.15, -0.1) is 0 Å². The van der Waals surface area contributed by atoms with Crippen molar-refractivity contribution in [2.75, 3.05) is 7.05 Å². The van der Waals surface area contributed by atoms with E-state index in [1.165, 1.54) is 0 Å². The number of hydrogen-bond donors (Lipinski definition) is 2. The highest BCUT2D eigenvalue weighted by Crippen LogP contribution is 2.07. The Morgan fingerprint density at radius 2 is 1.69 bits per heavy atom. The van der Waals surface area contributed by atoms with E-state index in [-0.39, 0.29) is 6.61 Å². The van der Waals surface area contributed by atoms with Crippen LogP contribution in [0.4, 0.5) is 0 Å². The van der Waals surface area contributed by atoms with Crippen LogP contribution in [0.25, 0.3) is 0 Å². The number of hydrogen-bond acceptors (Lipinski definition) is 2. The van der Waals surface area contributed by atoms with Crippen LogP contribution >= 0.6 is 0 Å². The van der Waals surface area contributed by atoms with E-state index in [4.69, 9.17) is 5.11 Å². The summed E-state index contributed by atoms with van der Waals surface area (Å²) in [4.78, 5) is 0. The highest BCUT2D eigenvalue weighted by molar-refractivity contribution is 5.26. The molecule has 0 aromatic heterocycles. The van der Waals surface area contributed by atoms with Crippen molar-refractivity contribution in [2.45, 2.75) is 27.0 Å². The van der Waals surface area contributed by atoms with Gasteiger partial charge in [-0.3, -0.25) is 0 Å². The number of nitrogens with one attached hydrogen (secondary N) is 1. The molecule has 2 heteroatoms. The predicted octanol–water partition coefficient (Wildman–Crippen LogP) is 1.92. The molecule has 2 nitrogen and oxygen atoms in total. The summed E-state index contributed by atoms with van der Waals surface area (Å²) < 4.78 is 0. The average Bonchev–Trinajstić information content (AvgIpc) is 2.22. The quantitative estimate of drug-likeness (QED) is 0.746. The zero-order chi connectivity index (χ0) is 10.1. The smallest absolute Gasteiger partial charge is 0.0685 e. The van der Waals surface area contributed by atoms with Gasteiger partial charge >= 0.3 is 0 Å².